The van der Waals surface area contributed by atoms with Gasteiger partial charge in [0.25, 0.3) is 5.69 Å². The van der Waals surface area contributed by atoms with Gasteiger partial charge in [0.15, 0.2) is 0 Å². The normalized spacial score (nSPS) is 19.8. The molecule has 23 heavy (non-hydrogen) atoms. The number of benzene rings is 1. The number of nitro groups is 1. The second kappa shape index (κ2) is 7.19. The Kier molecular flexibility index (Phi) is 5.28. The lowest BCUT2D eigenvalue weighted by Gasteiger charge is -2.34. The second-order valence-electron chi connectivity index (χ2n) is 5.68. The Bertz CT molecular complexity index is 619. The molecule has 124 valence electrons. The number of hydrogen-bond donors (Lipinski definition) is 2. The molecule has 2 rings (SSSR count). The molecule has 1 saturated heterocycles. The Morgan fingerprint density at radius 1 is 1.43 bits per heavy atom. The number of amides is 2. The van der Waals surface area contributed by atoms with E-state index in [2.05, 4.69) is 5.32 Å². The summed E-state index contributed by atoms with van der Waals surface area (Å²) in [5.74, 6) is -0.963. The minimum atomic E-state index is -0.537. The number of primary amides is 1. The van der Waals surface area contributed by atoms with Crippen LogP contribution in [0.2, 0.25) is 0 Å². The maximum Gasteiger partial charge on any atom is 0.292 e. The van der Waals surface area contributed by atoms with Gasteiger partial charge < -0.3 is 11.1 Å². The molecule has 0 saturated carbocycles. The van der Waals surface area contributed by atoms with Gasteiger partial charge in [0.05, 0.1) is 16.9 Å². The van der Waals surface area contributed by atoms with E-state index in [9.17, 15) is 19.7 Å². The summed E-state index contributed by atoms with van der Waals surface area (Å²) in [5, 5.41) is 13.6. The van der Waals surface area contributed by atoms with E-state index in [1.807, 2.05) is 4.90 Å². The largest absolute Gasteiger partial charge is 0.369 e. The Hall–Kier alpha value is -2.48. The van der Waals surface area contributed by atoms with Crippen molar-refractivity contribution >= 4 is 23.2 Å². The molecule has 1 fully saturated rings. The van der Waals surface area contributed by atoms with Crippen molar-refractivity contribution < 1.29 is 14.5 Å². The fourth-order valence-corrected chi connectivity index (χ4v) is 2.73. The van der Waals surface area contributed by atoms with Crippen LogP contribution in [0.15, 0.2) is 24.3 Å². The predicted octanol–water partition coefficient (Wildman–Crippen LogP) is 1.12. The molecule has 0 spiro atoms. The number of nitrogens with two attached hydrogens (primary N) is 1. The number of anilines is 1. The zero-order valence-electron chi connectivity index (χ0n) is 12.9. The smallest absolute Gasteiger partial charge is 0.292 e. The molecule has 0 radical (unpaired) electrons. The molecule has 3 N–H and O–H groups in total. The number of nitrogens with one attached hydrogen (secondary N) is 1. The number of nitrogens with zero attached hydrogens (tertiary/aromatic N) is 2. The highest BCUT2D eigenvalue weighted by molar-refractivity contribution is 5.96. The van der Waals surface area contributed by atoms with Crippen molar-refractivity contribution in [1.82, 2.24) is 4.90 Å². The minimum absolute atomic E-state index is 0.151. The van der Waals surface area contributed by atoms with Gasteiger partial charge in [0.2, 0.25) is 11.8 Å². The third-order valence-corrected chi connectivity index (χ3v) is 4.14. The number of carbonyl (C=O) groups excluding carboxylic acids is 2. The number of carbonyl (C=O) groups is 2. The van der Waals surface area contributed by atoms with Crippen molar-refractivity contribution in [2.24, 2.45) is 11.7 Å². The number of para-hydroxylation sites is 2. The van der Waals surface area contributed by atoms with E-state index < -0.39 is 11.0 Å². The number of likely N-dealkylation sites (tertiary alicyclic amines) is 1. The summed E-state index contributed by atoms with van der Waals surface area (Å²) in [5.41, 5.74) is 5.35. The van der Waals surface area contributed by atoms with Crippen molar-refractivity contribution in [3.05, 3.63) is 34.4 Å². The van der Waals surface area contributed by atoms with Crippen LogP contribution in [0.25, 0.3) is 0 Å². The SMILES string of the molecule is C[C@@H](C(=O)Nc1ccccc1[N+](=O)[O-])N1CCC[C@@H](C(N)=O)C1. The van der Waals surface area contributed by atoms with E-state index in [1.165, 1.54) is 12.1 Å². The van der Waals surface area contributed by atoms with E-state index >= 15 is 0 Å². The molecular weight excluding hydrogens is 300 g/mol. The van der Waals surface area contributed by atoms with Gasteiger partial charge >= 0.3 is 0 Å². The molecule has 1 aromatic rings. The molecule has 1 aromatic carbocycles. The van der Waals surface area contributed by atoms with Crippen LogP contribution in [0.3, 0.4) is 0 Å². The lowest BCUT2D eigenvalue weighted by atomic mass is 9.96. The summed E-state index contributed by atoms with van der Waals surface area (Å²) in [7, 11) is 0. The molecular formula is C15H20N4O4. The van der Waals surface area contributed by atoms with Crippen LogP contribution in [-0.4, -0.2) is 40.8 Å². The zero-order valence-corrected chi connectivity index (χ0v) is 12.9. The lowest BCUT2D eigenvalue weighted by molar-refractivity contribution is -0.383. The Morgan fingerprint density at radius 2 is 2.13 bits per heavy atom. The molecule has 8 heteroatoms. The van der Waals surface area contributed by atoms with Crippen LogP contribution in [0.1, 0.15) is 19.8 Å². The maximum atomic E-state index is 12.4. The highest BCUT2D eigenvalue weighted by Gasteiger charge is 2.30. The van der Waals surface area contributed by atoms with Gasteiger partial charge in [0, 0.05) is 12.6 Å². The van der Waals surface area contributed by atoms with E-state index in [1.54, 1.807) is 19.1 Å². The molecule has 1 heterocycles. The van der Waals surface area contributed by atoms with Gasteiger partial charge in [-0.1, -0.05) is 12.1 Å². The van der Waals surface area contributed by atoms with Gasteiger partial charge in [-0.15, -0.1) is 0 Å². The molecule has 1 aliphatic heterocycles. The van der Waals surface area contributed by atoms with Gasteiger partial charge in [0.1, 0.15) is 5.69 Å². The molecule has 1 aliphatic rings. The lowest BCUT2D eigenvalue weighted by Crippen LogP contribution is -2.49. The monoisotopic (exact) mass is 320 g/mol. The first-order valence-corrected chi connectivity index (χ1v) is 7.47. The molecule has 0 aliphatic carbocycles. The van der Waals surface area contributed by atoms with Crippen LogP contribution < -0.4 is 11.1 Å². The molecule has 8 nitrogen and oxygen atoms in total. The average Bonchev–Trinajstić information content (AvgIpc) is 2.54. The van der Waals surface area contributed by atoms with E-state index in [4.69, 9.17) is 5.73 Å². The third kappa shape index (κ3) is 4.04. The van der Waals surface area contributed by atoms with Crippen LogP contribution in [0.4, 0.5) is 11.4 Å². The van der Waals surface area contributed by atoms with Gasteiger partial charge in [-0.25, -0.2) is 0 Å². The third-order valence-electron chi connectivity index (χ3n) is 4.14. The minimum Gasteiger partial charge on any atom is -0.369 e. The van der Waals surface area contributed by atoms with Crippen molar-refractivity contribution in [2.75, 3.05) is 18.4 Å². The predicted molar refractivity (Wildman–Crippen MR) is 84.7 cm³/mol. The van der Waals surface area contributed by atoms with E-state index in [-0.39, 0.29) is 29.1 Å². The van der Waals surface area contributed by atoms with Crippen LogP contribution >= 0.6 is 0 Å². The average molecular weight is 320 g/mol. The van der Waals surface area contributed by atoms with Gasteiger partial charge in [-0.3, -0.25) is 24.6 Å². The standard InChI is InChI=1S/C15H20N4O4/c1-10(18-8-4-5-11(9-18)14(16)20)15(21)17-12-6-2-3-7-13(12)19(22)23/h2-3,6-7,10-11H,4-5,8-9H2,1H3,(H2,16,20)(H,17,21)/t10-,11+/m0/s1. The van der Waals surface area contributed by atoms with Crippen molar-refractivity contribution in [1.29, 1.82) is 0 Å². The highest BCUT2D eigenvalue weighted by atomic mass is 16.6. The maximum absolute atomic E-state index is 12.4. The topological polar surface area (TPSA) is 119 Å². The highest BCUT2D eigenvalue weighted by Crippen LogP contribution is 2.24. The van der Waals surface area contributed by atoms with Crippen molar-refractivity contribution in [3.8, 4) is 0 Å². The molecule has 2 atom stereocenters. The zero-order chi connectivity index (χ0) is 17.0. The Balaban J connectivity index is 2.06. The molecule has 0 bridgehead atoms. The second-order valence-corrected chi connectivity index (χ2v) is 5.68. The first-order chi connectivity index (χ1) is 10.9. The van der Waals surface area contributed by atoms with E-state index in [0.29, 0.717) is 13.1 Å². The van der Waals surface area contributed by atoms with Gasteiger partial charge in [-0.2, -0.15) is 0 Å². The number of nitro benzene ring substituents is 1. The number of piperidine rings is 1. The summed E-state index contributed by atoms with van der Waals surface area (Å²) < 4.78 is 0. The van der Waals surface area contributed by atoms with Crippen LogP contribution in [0, 0.1) is 16.0 Å². The van der Waals surface area contributed by atoms with Crippen molar-refractivity contribution in [3.63, 3.8) is 0 Å². The molecule has 0 aromatic heterocycles. The first kappa shape index (κ1) is 16.9. The summed E-state index contributed by atoms with van der Waals surface area (Å²) in [6.07, 6.45) is 1.51. The van der Waals surface area contributed by atoms with Crippen LogP contribution in [-0.2, 0) is 9.59 Å². The number of rotatable bonds is 5. The number of hydrogen-bond acceptors (Lipinski definition) is 5. The first-order valence-electron chi connectivity index (χ1n) is 7.47. The summed E-state index contributed by atoms with van der Waals surface area (Å²) in [6.45, 7) is 2.84. The quantitative estimate of drug-likeness (QED) is 0.622. The van der Waals surface area contributed by atoms with Crippen molar-refractivity contribution in [2.45, 2.75) is 25.8 Å². The summed E-state index contributed by atoms with van der Waals surface area (Å²) in [4.78, 5) is 36.0. The summed E-state index contributed by atoms with van der Waals surface area (Å²) >= 11 is 0. The Labute approximate surface area is 133 Å². The fraction of sp³-hybridized carbons (Fsp3) is 0.467. The van der Waals surface area contributed by atoms with E-state index in [0.717, 1.165) is 12.8 Å². The fourth-order valence-electron chi connectivity index (χ4n) is 2.73. The summed E-state index contributed by atoms with van der Waals surface area (Å²) in [6, 6.07) is 5.49. The molecule has 0 unspecified atom stereocenters. The van der Waals surface area contributed by atoms with Crippen LogP contribution in [0.5, 0.6) is 0 Å². The Morgan fingerprint density at radius 3 is 2.78 bits per heavy atom. The molecule has 2 amide bonds. The van der Waals surface area contributed by atoms with Gasteiger partial charge in [-0.05, 0) is 32.4 Å².